The van der Waals surface area contributed by atoms with Gasteiger partial charge in [-0.15, -0.1) is 11.3 Å². The van der Waals surface area contributed by atoms with Crippen LogP contribution in [0.1, 0.15) is 10.4 Å². The number of nitrogens with two attached hydrogens (primary N) is 1. The fourth-order valence-electron chi connectivity index (χ4n) is 2.27. The highest BCUT2D eigenvalue weighted by Gasteiger charge is 2.07. The van der Waals surface area contributed by atoms with Gasteiger partial charge in [0, 0.05) is 16.5 Å². The monoisotopic (exact) mass is 294 g/mol. The minimum absolute atomic E-state index is 0.000154. The summed E-state index contributed by atoms with van der Waals surface area (Å²) in [5.74, 6) is 5.93. The van der Waals surface area contributed by atoms with Crippen molar-refractivity contribution in [1.29, 1.82) is 0 Å². The van der Waals surface area contributed by atoms with Gasteiger partial charge in [0.05, 0.1) is 18.6 Å². The van der Waals surface area contributed by atoms with Crippen LogP contribution in [0.25, 0.3) is 10.9 Å². The molecule has 0 bridgehead atoms. The maximum atomic E-state index is 12.2. The first-order valence-corrected chi connectivity index (χ1v) is 7.51. The highest BCUT2D eigenvalue weighted by atomic mass is 32.1. The van der Waals surface area contributed by atoms with Gasteiger partial charge in [-0.3, -0.25) is 4.79 Å². The van der Waals surface area contributed by atoms with Gasteiger partial charge in [-0.25, -0.2) is 0 Å². The topological polar surface area (TPSA) is 48.0 Å². The summed E-state index contributed by atoms with van der Waals surface area (Å²) in [6, 6.07) is 13.3. The molecule has 0 radical (unpaired) electrons. The van der Waals surface area contributed by atoms with Crippen LogP contribution >= 0.6 is 11.3 Å². The van der Waals surface area contributed by atoms with E-state index in [1.54, 1.807) is 22.0 Å². The second kappa shape index (κ2) is 5.96. The molecule has 0 spiro atoms. The zero-order valence-electron chi connectivity index (χ0n) is 11.4. The summed E-state index contributed by atoms with van der Waals surface area (Å²) in [5.41, 5.74) is 7.31. The lowest BCUT2D eigenvalue weighted by Crippen LogP contribution is -2.19. The van der Waals surface area contributed by atoms with E-state index in [4.69, 9.17) is 5.73 Å². The number of nitrogens with zero attached hydrogens (tertiary/aromatic N) is 1. The van der Waals surface area contributed by atoms with Gasteiger partial charge in [-0.2, -0.15) is 0 Å². The molecule has 0 aliphatic heterocycles. The number of benzene rings is 1. The Morgan fingerprint density at radius 3 is 2.86 bits per heavy atom. The average Bonchev–Trinajstić information content (AvgIpc) is 2.95. The van der Waals surface area contributed by atoms with Crippen molar-refractivity contribution in [2.45, 2.75) is 6.54 Å². The molecule has 0 aliphatic rings. The molecular formula is C17H14N2OS. The van der Waals surface area contributed by atoms with Crippen LogP contribution in [0, 0.1) is 11.8 Å². The lowest BCUT2D eigenvalue weighted by atomic mass is 10.2. The smallest absolute Gasteiger partial charge is 0.251 e. The minimum Gasteiger partial charge on any atom is -0.320 e. The van der Waals surface area contributed by atoms with Crippen molar-refractivity contribution >= 4 is 22.2 Å². The predicted octanol–water partition coefficient (Wildman–Crippen LogP) is 2.42. The molecule has 0 unspecified atom stereocenters. The van der Waals surface area contributed by atoms with Crippen molar-refractivity contribution in [3.63, 3.8) is 0 Å². The van der Waals surface area contributed by atoms with Crippen LogP contribution in [-0.4, -0.2) is 11.1 Å². The molecule has 2 aromatic heterocycles. The Hall–Kier alpha value is -2.35. The molecule has 104 valence electrons. The van der Waals surface area contributed by atoms with Crippen molar-refractivity contribution in [3.8, 4) is 11.8 Å². The van der Waals surface area contributed by atoms with Gasteiger partial charge in [-0.1, -0.05) is 30.0 Å². The highest BCUT2D eigenvalue weighted by molar-refractivity contribution is 7.10. The first kappa shape index (κ1) is 13.6. The fourth-order valence-corrected chi connectivity index (χ4v) is 3.09. The van der Waals surface area contributed by atoms with E-state index in [0.717, 1.165) is 21.3 Å². The third-order valence-corrected chi connectivity index (χ3v) is 4.18. The van der Waals surface area contributed by atoms with E-state index < -0.39 is 0 Å². The summed E-state index contributed by atoms with van der Waals surface area (Å²) < 4.78 is 1.79. The summed E-state index contributed by atoms with van der Waals surface area (Å²) in [7, 11) is 0. The largest absolute Gasteiger partial charge is 0.320 e. The van der Waals surface area contributed by atoms with Crippen molar-refractivity contribution in [1.82, 2.24) is 4.57 Å². The van der Waals surface area contributed by atoms with Crippen molar-refractivity contribution in [2.75, 3.05) is 6.54 Å². The lowest BCUT2D eigenvalue weighted by Gasteiger charge is -2.09. The van der Waals surface area contributed by atoms with Gasteiger partial charge >= 0.3 is 0 Å². The maximum Gasteiger partial charge on any atom is 0.251 e. The molecule has 0 fully saturated rings. The van der Waals surface area contributed by atoms with Crippen LogP contribution < -0.4 is 11.3 Å². The van der Waals surface area contributed by atoms with Crippen LogP contribution in [-0.2, 0) is 6.54 Å². The van der Waals surface area contributed by atoms with Gasteiger partial charge in [0.1, 0.15) is 0 Å². The van der Waals surface area contributed by atoms with Crippen LogP contribution in [0.5, 0.6) is 0 Å². The molecular weight excluding hydrogens is 280 g/mol. The fraction of sp³-hybridized carbons (Fsp3) is 0.118. The molecule has 0 saturated carbocycles. The number of pyridine rings is 1. The van der Waals surface area contributed by atoms with E-state index in [2.05, 4.69) is 11.8 Å². The predicted molar refractivity (Wildman–Crippen MR) is 87.6 cm³/mol. The van der Waals surface area contributed by atoms with Crippen LogP contribution in [0.4, 0.5) is 0 Å². The van der Waals surface area contributed by atoms with E-state index in [1.807, 2.05) is 41.8 Å². The summed E-state index contributed by atoms with van der Waals surface area (Å²) in [6.07, 6.45) is 0. The molecule has 3 aromatic rings. The van der Waals surface area contributed by atoms with E-state index in [9.17, 15) is 4.79 Å². The Balaban J connectivity index is 2.09. The Labute approximate surface area is 126 Å². The van der Waals surface area contributed by atoms with Crippen LogP contribution in [0.2, 0.25) is 0 Å². The number of thiophene rings is 1. The molecule has 0 atom stereocenters. The van der Waals surface area contributed by atoms with E-state index in [-0.39, 0.29) is 5.56 Å². The second-order valence-corrected chi connectivity index (χ2v) is 5.58. The lowest BCUT2D eigenvalue weighted by molar-refractivity contribution is 0.805. The molecule has 3 nitrogen and oxygen atoms in total. The van der Waals surface area contributed by atoms with E-state index in [1.165, 1.54) is 0 Å². The van der Waals surface area contributed by atoms with Gasteiger partial charge in [-0.05, 0) is 29.0 Å². The molecule has 0 aliphatic carbocycles. The molecule has 2 N–H and O–H groups in total. The Morgan fingerprint density at radius 1 is 1.14 bits per heavy atom. The molecule has 3 rings (SSSR count). The Bertz CT molecular complexity index is 896. The molecule has 0 amide bonds. The molecule has 2 heterocycles. The van der Waals surface area contributed by atoms with Gasteiger partial charge in [0.25, 0.3) is 5.56 Å². The third-order valence-electron chi connectivity index (χ3n) is 3.27. The number of hydrogen-bond acceptors (Lipinski definition) is 3. The normalized spacial score (nSPS) is 10.3. The zero-order valence-corrected chi connectivity index (χ0v) is 12.2. The van der Waals surface area contributed by atoms with Crippen LogP contribution in [0.3, 0.4) is 0 Å². The quantitative estimate of drug-likeness (QED) is 0.738. The average molecular weight is 294 g/mol. The van der Waals surface area contributed by atoms with Crippen molar-refractivity contribution < 1.29 is 0 Å². The summed E-state index contributed by atoms with van der Waals surface area (Å²) >= 11 is 1.61. The highest BCUT2D eigenvalue weighted by Crippen LogP contribution is 2.19. The summed E-state index contributed by atoms with van der Waals surface area (Å²) in [5, 5.41) is 3.05. The number of rotatable bonds is 2. The third kappa shape index (κ3) is 2.75. The van der Waals surface area contributed by atoms with Gasteiger partial charge < -0.3 is 10.3 Å². The summed E-state index contributed by atoms with van der Waals surface area (Å²) in [4.78, 5) is 13.3. The van der Waals surface area contributed by atoms with Crippen LogP contribution in [0.15, 0.2) is 52.6 Å². The van der Waals surface area contributed by atoms with Crippen molar-refractivity contribution in [3.05, 3.63) is 68.6 Å². The first-order valence-electron chi connectivity index (χ1n) is 6.63. The van der Waals surface area contributed by atoms with Gasteiger partial charge in [0.2, 0.25) is 0 Å². The van der Waals surface area contributed by atoms with E-state index >= 15 is 0 Å². The summed E-state index contributed by atoms with van der Waals surface area (Å²) in [6.45, 7) is 0.871. The number of hydrogen-bond donors (Lipinski definition) is 1. The second-order valence-electron chi connectivity index (χ2n) is 4.58. The number of para-hydroxylation sites is 1. The Morgan fingerprint density at radius 2 is 2.00 bits per heavy atom. The zero-order chi connectivity index (χ0) is 14.7. The molecule has 1 aromatic carbocycles. The van der Waals surface area contributed by atoms with Crippen molar-refractivity contribution in [2.24, 2.45) is 5.73 Å². The SMILES string of the molecule is NCC#Cc1ccsc1Cn1c(=O)ccc2ccccc21. The number of fused-ring (bicyclic) bond motifs is 1. The van der Waals surface area contributed by atoms with E-state index in [0.29, 0.717) is 13.1 Å². The number of aromatic nitrogens is 1. The minimum atomic E-state index is -0.000154. The Kier molecular flexibility index (Phi) is 3.87. The molecule has 21 heavy (non-hydrogen) atoms. The molecule has 4 heteroatoms. The molecule has 0 saturated heterocycles. The first-order chi connectivity index (χ1) is 10.3. The standard InChI is InChI=1S/C17H14N2OS/c18-10-3-5-14-9-11-21-16(14)12-19-15-6-2-1-4-13(15)7-8-17(19)20/h1-2,4,6-9,11H,10,12,18H2. The maximum absolute atomic E-state index is 12.2. The van der Waals surface area contributed by atoms with Gasteiger partial charge in [0.15, 0.2) is 0 Å².